The van der Waals surface area contributed by atoms with Crippen molar-refractivity contribution in [1.29, 1.82) is 0 Å². The van der Waals surface area contributed by atoms with E-state index in [-0.39, 0.29) is 5.75 Å². The van der Waals surface area contributed by atoms with Crippen LogP contribution >= 0.6 is 15.9 Å². The molecule has 1 N–H and O–H groups in total. The predicted molar refractivity (Wildman–Crippen MR) is 97.7 cm³/mol. The zero-order valence-corrected chi connectivity index (χ0v) is 13.9. The molecule has 2 nitrogen and oxygen atoms in total. The van der Waals surface area contributed by atoms with Crippen molar-refractivity contribution in [3.63, 3.8) is 0 Å². The van der Waals surface area contributed by atoms with Gasteiger partial charge in [-0.2, -0.15) is 0 Å². The summed E-state index contributed by atoms with van der Waals surface area (Å²) < 4.78 is 0.918. The molecule has 0 heterocycles. The molecular formula is C20H14BrNO. The fraction of sp³-hybridized carbons (Fsp3) is 0.0500. The van der Waals surface area contributed by atoms with E-state index in [9.17, 15) is 5.11 Å². The van der Waals surface area contributed by atoms with Crippen LogP contribution in [0.1, 0.15) is 16.7 Å². The second-order valence-electron chi connectivity index (χ2n) is 5.64. The fourth-order valence-corrected chi connectivity index (χ4v) is 3.36. The quantitative estimate of drug-likeness (QED) is 0.470. The smallest absolute Gasteiger partial charge is 0.124 e. The molecule has 3 aromatic rings. The number of benzene rings is 3. The van der Waals surface area contributed by atoms with Crippen molar-refractivity contribution in [3.8, 4) is 16.9 Å². The van der Waals surface area contributed by atoms with E-state index in [2.05, 4.69) is 57.3 Å². The Balaban J connectivity index is 1.66. The monoisotopic (exact) mass is 363 g/mol. The number of halogens is 1. The standard InChI is InChI=1S/C20H14BrNO/c21-16-5-8-20(23)15(10-16)12-22-17-6-7-19-14(11-17)9-13-3-1-2-4-18(13)19/h1-8,10-12,23H,9H2. The topological polar surface area (TPSA) is 32.6 Å². The molecule has 0 fully saturated rings. The molecule has 0 atom stereocenters. The van der Waals surface area contributed by atoms with Crippen LogP contribution in [0.15, 0.2) is 70.1 Å². The second kappa shape index (κ2) is 5.67. The maximum absolute atomic E-state index is 9.87. The minimum Gasteiger partial charge on any atom is -0.507 e. The van der Waals surface area contributed by atoms with Crippen molar-refractivity contribution < 1.29 is 5.11 Å². The number of fused-ring (bicyclic) bond motifs is 3. The van der Waals surface area contributed by atoms with E-state index in [1.807, 2.05) is 12.1 Å². The average Bonchev–Trinajstić information content (AvgIpc) is 2.93. The second-order valence-corrected chi connectivity index (χ2v) is 6.55. The molecule has 1 aliphatic carbocycles. The van der Waals surface area contributed by atoms with Gasteiger partial charge in [-0.1, -0.05) is 46.3 Å². The van der Waals surface area contributed by atoms with Crippen LogP contribution in [0, 0.1) is 0 Å². The molecular weight excluding hydrogens is 350 g/mol. The van der Waals surface area contributed by atoms with E-state index in [1.165, 1.54) is 22.3 Å². The number of hydrogen-bond donors (Lipinski definition) is 1. The van der Waals surface area contributed by atoms with Gasteiger partial charge in [-0.25, -0.2) is 0 Å². The summed E-state index contributed by atoms with van der Waals surface area (Å²) in [5.74, 6) is 0.227. The zero-order chi connectivity index (χ0) is 15.8. The first-order chi connectivity index (χ1) is 11.2. The normalized spacial score (nSPS) is 12.4. The average molecular weight is 364 g/mol. The Morgan fingerprint density at radius 2 is 1.74 bits per heavy atom. The third-order valence-electron chi connectivity index (χ3n) is 4.12. The lowest BCUT2D eigenvalue weighted by Crippen LogP contribution is -1.83. The first kappa shape index (κ1) is 14.2. The highest BCUT2D eigenvalue weighted by atomic mass is 79.9. The summed E-state index contributed by atoms with van der Waals surface area (Å²) in [4.78, 5) is 4.51. The van der Waals surface area contributed by atoms with E-state index in [0.717, 1.165) is 16.6 Å². The highest BCUT2D eigenvalue weighted by molar-refractivity contribution is 9.10. The molecule has 0 bridgehead atoms. The van der Waals surface area contributed by atoms with E-state index in [1.54, 1.807) is 18.3 Å². The Kier molecular flexibility index (Phi) is 3.50. The van der Waals surface area contributed by atoms with Crippen molar-refractivity contribution in [3.05, 3.63) is 81.8 Å². The van der Waals surface area contributed by atoms with Crippen LogP contribution in [-0.4, -0.2) is 11.3 Å². The number of phenolic OH excluding ortho intramolecular Hbond substituents is 1. The Morgan fingerprint density at radius 1 is 0.913 bits per heavy atom. The van der Waals surface area contributed by atoms with E-state index in [4.69, 9.17) is 0 Å². The van der Waals surface area contributed by atoms with Gasteiger partial charge < -0.3 is 5.11 Å². The molecule has 0 aliphatic heterocycles. The number of aromatic hydroxyl groups is 1. The Labute approximate surface area is 143 Å². The first-order valence-electron chi connectivity index (χ1n) is 7.44. The van der Waals surface area contributed by atoms with Gasteiger partial charge in [0.25, 0.3) is 0 Å². The fourth-order valence-electron chi connectivity index (χ4n) is 2.98. The molecule has 0 radical (unpaired) electrons. The number of aliphatic imine (C=N–C) groups is 1. The van der Waals surface area contributed by atoms with Gasteiger partial charge in [-0.05, 0) is 59.0 Å². The minimum atomic E-state index is 0.227. The Morgan fingerprint density at radius 3 is 2.65 bits per heavy atom. The van der Waals surface area contributed by atoms with E-state index >= 15 is 0 Å². The summed E-state index contributed by atoms with van der Waals surface area (Å²) >= 11 is 3.41. The van der Waals surface area contributed by atoms with Gasteiger partial charge in [0.05, 0.1) is 5.69 Å². The van der Waals surface area contributed by atoms with Crippen molar-refractivity contribution in [2.75, 3.05) is 0 Å². The van der Waals surface area contributed by atoms with Crippen molar-refractivity contribution in [2.24, 2.45) is 4.99 Å². The van der Waals surface area contributed by atoms with Gasteiger partial charge in [0.1, 0.15) is 5.75 Å². The summed E-state index contributed by atoms with van der Waals surface area (Å²) in [6, 6.07) is 20.1. The predicted octanol–water partition coefficient (Wildman–Crippen LogP) is 5.48. The number of hydrogen-bond acceptors (Lipinski definition) is 2. The molecule has 0 unspecified atom stereocenters. The molecule has 23 heavy (non-hydrogen) atoms. The summed E-state index contributed by atoms with van der Waals surface area (Å²) in [6.07, 6.45) is 2.65. The molecule has 112 valence electrons. The van der Waals surface area contributed by atoms with Crippen molar-refractivity contribution in [2.45, 2.75) is 6.42 Å². The Hall–Kier alpha value is -2.39. The summed E-state index contributed by atoms with van der Waals surface area (Å²) in [7, 11) is 0. The molecule has 0 saturated carbocycles. The highest BCUT2D eigenvalue weighted by Crippen LogP contribution is 2.38. The molecule has 0 saturated heterocycles. The van der Waals surface area contributed by atoms with E-state index in [0.29, 0.717) is 5.56 Å². The van der Waals surface area contributed by atoms with Gasteiger partial charge in [0.2, 0.25) is 0 Å². The third-order valence-corrected chi connectivity index (χ3v) is 4.61. The molecule has 0 spiro atoms. The summed E-state index contributed by atoms with van der Waals surface area (Å²) in [6.45, 7) is 0. The number of rotatable bonds is 2. The zero-order valence-electron chi connectivity index (χ0n) is 12.3. The SMILES string of the molecule is Oc1ccc(Br)cc1C=Nc1ccc2c(c1)Cc1ccccc1-2. The van der Waals surface area contributed by atoms with Crippen LogP contribution in [0.3, 0.4) is 0 Å². The minimum absolute atomic E-state index is 0.227. The largest absolute Gasteiger partial charge is 0.507 e. The molecule has 4 rings (SSSR count). The van der Waals surface area contributed by atoms with Crippen LogP contribution in [-0.2, 0) is 6.42 Å². The van der Waals surface area contributed by atoms with Gasteiger partial charge in [-0.3, -0.25) is 4.99 Å². The first-order valence-corrected chi connectivity index (χ1v) is 8.24. The lowest BCUT2D eigenvalue weighted by molar-refractivity contribution is 0.474. The van der Waals surface area contributed by atoms with Crippen LogP contribution in [0.2, 0.25) is 0 Å². The molecule has 1 aliphatic rings. The molecule has 0 amide bonds. The van der Waals surface area contributed by atoms with Gasteiger partial charge in [-0.15, -0.1) is 0 Å². The van der Waals surface area contributed by atoms with Crippen molar-refractivity contribution >= 4 is 27.8 Å². The molecule has 3 heteroatoms. The van der Waals surface area contributed by atoms with Crippen LogP contribution in [0.25, 0.3) is 11.1 Å². The highest BCUT2D eigenvalue weighted by Gasteiger charge is 2.17. The maximum atomic E-state index is 9.87. The van der Waals surface area contributed by atoms with Crippen LogP contribution < -0.4 is 0 Å². The molecule has 0 aromatic heterocycles. The van der Waals surface area contributed by atoms with Gasteiger partial charge in [0, 0.05) is 16.3 Å². The maximum Gasteiger partial charge on any atom is 0.124 e. The van der Waals surface area contributed by atoms with Gasteiger partial charge >= 0.3 is 0 Å². The number of nitrogens with zero attached hydrogens (tertiary/aromatic N) is 1. The van der Waals surface area contributed by atoms with Gasteiger partial charge in [0.15, 0.2) is 0 Å². The van der Waals surface area contributed by atoms with Crippen molar-refractivity contribution in [1.82, 2.24) is 0 Å². The summed E-state index contributed by atoms with van der Waals surface area (Å²) in [5.41, 5.74) is 6.89. The Bertz CT molecular complexity index is 931. The van der Waals surface area contributed by atoms with Crippen LogP contribution in [0.4, 0.5) is 5.69 Å². The summed E-state index contributed by atoms with van der Waals surface area (Å²) in [5, 5.41) is 9.87. The van der Waals surface area contributed by atoms with E-state index < -0.39 is 0 Å². The number of phenols is 1. The van der Waals surface area contributed by atoms with Crippen LogP contribution in [0.5, 0.6) is 5.75 Å². The lowest BCUT2D eigenvalue weighted by Gasteiger charge is -2.02. The third kappa shape index (κ3) is 2.68. The molecule has 3 aromatic carbocycles. The lowest BCUT2D eigenvalue weighted by atomic mass is 10.1.